The van der Waals surface area contributed by atoms with E-state index in [9.17, 15) is 14.7 Å². The molecule has 1 aromatic carbocycles. The third-order valence-electron chi connectivity index (χ3n) is 3.76. The lowest BCUT2D eigenvalue weighted by molar-refractivity contribution is -0.136. The van der Waals surface area contributed by atoms with Crippen molar-refractivity contribution in [3.8, 4) is 0 Å². The molecular formula is C16H15Cl2NO4. The summed E-state index contributed by atoms with van der Waals surface area (Å²) >= 11 is 12.3. The summed E-state index contributed by atoms with van der Waals surface area (Å²) < 4.78 is 4.76. The number of esters is 1. The Morgan fingerprint density at radius 3 is 2.35 bits per heavy atom. The number of hydrogen-bond donors (Lipinski definition) is 1. The average molecular weight is 356 g/mol. The van der Waals surface area contributed by atoms with E-state index in [1.807, 2.05) is 0 Å². The Morgan fingerprint density at radius 1 is 1.17 bits per heavy atom. The second-order valence-corrected chi connectivity index (χ2v) is 5.79. The van der Waals surface area contributed by atoms with E-state index in [4.69, 9.17) is 27.9 Å². The minimum Gasteiger partial charge on any atom is -0.478 e. The van der Waals surface area contributed by atoms with Gasteiger partial charge < -0.3 is 14.7 Å². The molecule has 5 nitrogen and oxygen atoms in total. The molecule has 0 amide bonds. The molecule has 0 bridgehead atoms. The first-order chi connectivity index (χ1) is 10.8. The fourth-order valence-electron chi connectivity index (χ4n) is 2.55. The molecule has 1 N–H and O–H groups in total. The van der Waals surface area contributed by atoms with Crippen molar-refractivity contribution in [2.24, 2.45) is 0 Å². The molecule has 0 spiro atoms. The van der Waals surface area contributed by atoms with Crippen LogP contribution in [0.25, 0.3) is 0 Å². The second-order valence-electron chi connectivity index (χ2n) is 5.01. The molecule has 0 radical (unpaired) electrons. The number of ether oxygens (including phenoxy) is 1. The van der Waals surface area contributed by atoms with Gasteiger partial charge in [0, 0.05) is 17.8 Å². The molecule has 1 aliphatic heterocycles. The van der Waals surface area contributed by atoms with Gasteiger partial charge in [0.15, 0.2) is 0 Å². The van der Waals surface area contributed by atoms with E-state index in [1.54, 1.807) is 36.9 Å². The van der Waals surface area contributed by atoms with Crippen molar-refractivity contribution < 1.29 is 19.4 Å². The summed E-state index contributed by atoms with van der Waals surface area (Å²) in [5, 5.41) is 10.1. The maximum absolute atomic E-state index is 12.0. The summed E-state index contributed by atoms with van der Waals surface area (Å²) in [4.78, 5) is 25.2. The molecule has 0 aromatic heterocycles. The standard InChI is InChI=1S/C16H15Cl2NO4/c1-8-10(15(20)21)7-11(16(22)23-3)9(2)19(8)13-6-4-5-12(17)14(13)18/h4-6H,7H2,1-3H3,(H,20,21). The summed E-state index contributed by atoms with van der Waals surface area (Å²) in [5.41, 5.74) is 1.92. The Morgan fingerprint density at radius 2 is 1.78 bits per heavy atom. The zero-order valence-electron chi connectivity index (χ0n) is 12.8. The molecule has 2 rings (SSSR count). The Bertz CT molecular complexity index is 752. The van der Waals surface area contributed by atoms with Gasteiger partial charge in [0.25, 0.3) is 0 Å². The van der Waals surface area contributed by atoms with Crippen LogP contribution in [0.15, 0.2) is 40.7 Å². The van der Waals surface area contributed by atoms with Crippen molar-refractivity contribution >= 4 is 40.8 Å². The van der Waals surface area contributed by atoms with Crippen LogP contribution in [0, 0.1) is 0 Å². The molecular weight excluding hydrogens is 341 g/mol. The van der Waals surface area contributed by atoms with E-state index in [2.05, 4.69) is 0 Å². The maximum Gasteiger partial charge on any atom is 0.335 e. The number of aliphatic carboxylic acids is 1. The van der Waals surface area contributed by atoms with Crippen LogP contribution in [0.5, 0.6) is 0 Å². The zero-order chi connectivity index (χ0) is 17.3. The molecule has 0 aliphatic carbocycles. The number of allylic oxidation sites excluding steroid dienone is 2. The molecule has 122 valence electrons. The van der Waals surface area contributed by atoms with Gasteiger partial charge >= 0.3 is 11.9 Å². The van der Waals surface area contributed by atoms with Crippen LogP contribution >= 0.6 is 23.2 Å². The van der Waals surface area contributed by atoms with Gasteiger partial charge in [-0.25, -0.2) is 9.59 Å². The Labute approximate surface area is 143 Å². The Balaban J connectivity index is 2.71. The summed E-state index contributed by atoms with van der Waals surface area (Å²) in [6, 6.07) is 5.05. The maximum atomic E-state index is 12.0. The highest BCUT2D eigenvalue weighted by atomic mass is 35.5. The lowest BCUT2D eigenvalue weighted by Crippen LogP contribution is -2.30. The van der Waals surface area contributed by atoms with Crippen LogP contribution in [0.1, 0.15) is 20.3 Å². The van der Waals surface area contributed by atoms with Gasteiger partial charge in [0.05, 0.1) is 34.0 Å². The SMILES string of the molecule is COC(=O)C1=C(C)N(c2cccc(Cl)c2Cl)C(C)=C(C(=O)O)C1. The topological polar surface area (TPSA) is 66.8 Å². The van der Waals surface area contributed by atoms with Crippen LogP contribution in [-0.2, 0) is 14.3 Å². The van der Waals surface area contributed by atoms with Gasteiger partial charge in [-0.3, -0.25) is 0 Å². The molecule has 0 saturated heterocycles. The van der Waals surface area contributed by atoms with Crippen molar-refractivity contribution in [1.82, 2.24) is 0 Å². The van der Waals surface area contributed by atoms with Gasteiger partial charge in [-0.1, -0.05) is 29.3 Å². The summed E-state index contributed by atoms with van der Waals surface area (Å²) in [6.07, 6.45) is -0.00560. The highest BCUT2D eigenvalue weighted by molar-refractivity contribution is 6.43. The lowest BCUT2D eigenvalue weighted by atomic mass is 9.96. The fraction of sp³-hybridized carbons (Fsp3) is 0.250. The number of carboxylic acids is 1. The lowest BCUT2D eigenvalue weighted by Gasteiger charge is -2.33. The summed E-state index contributed by atoms with van der Waals surface area (Å²) in [7, 11) is 1.25. The predicted molar refractivity (Wildman–Crippen MR) is 88.6 cm³/mol. The van der Waals surface area contributed by atoms with E-state index in [0.29, 0.717) is 22.1 Å². The minimum atomic E-state index is -1.10. The number of halogens is 2. The summed E-state index contributed by atoms with van der Waals surface area (Å²) in [6.45, 7) is 3.38. The van der Waals surface area contributed by atoms with Gasteiger partial charge in [-0.05, 0) is 26.0 Å². The Kier molecular flexibility index (Phi) is 5.02. The van der Waals surface area contributed by atoms with Crippen LogP contribution in [0.2, 0.25) is 10.0 Å². The van der Waals surface area contributed by atoms with Crippen LogP contribution < -0.4 is 4.90 Å². The van der Waals surface area contributed by atoms with Crippen molar-refractivity contribution in [2.45, 2.75) is 20.3 Å². The van der Waals surface area contributed by atoms with Crippen LogP contribution in [-0.4, -0.2) is 24.2 Å². The fourth-order valence-corrected chi connectivity index (χ4v) is 2.93. The van der Waals surface area contributed by atoms with Gasteiger partial charge in [-0.15, -0.1) is 0 Å². The number of rotatable bonds is 3. The third-order valence-corrected chi connectivity index (χ3v) is 4.57. The first kappa shape index (κ1) is 17.4. The number of anilines is 1. The predicted octanol–water partition coefficient (Wildman–Crippen LogP) is 4.01. The van der Waals surface area contributed by atoms with E-state index < -0.39 is 11.9 Å². The quantitative estimate of drug-likeness (QED) is 0.829. The van der Waals surface area contributed by atoms with Gasteiger partial charge in [0.2, 0.25) is 0 Å². The largest absolute Gasteiger partial charge is 0.478 e. The van der Waals surface area contributed by atoms with Crippen LogP contribution in [0.3, 0.4) is 0 Å². The van der Waals surface area contributed by atoms with Crippen molar-refractivity contribution in [3.05, 3.63) is 50.8 Å². The van der Waals surface area contributed by atoms with Crippen molar-refractivity contribution in [3.63, 3.8) is 0 Å². The smallest absolute Gasteiger partial charge is 0.335 e. The molecule has 0 atom stereocenters. The molecule has 0 unspecified atom stereocenters. The minimum absolute atomic E-state index is 0.00560. The number of methoxy groups -OCH3 is 1. The highest BCUT2D eigenvalue weighted by Gasteiger charge is 2.31. The second kappa shape index (κ2) is 6.64. The normalized spacial score (nSPS) is 15.1. The molecule has 0 saturated carbocycles. The molecule has 0 fully saturated rings. The number of benzene rings is 1. The van der Waals surface area contributed by atoms with Crippen molar-refractivity contribution in [2.75, 3.05) is 12.0 Å². The number of hydrogen-bond acceptors (Lipinski definition) is 4. The van der Waals surface area contributed by atoms with E-state index in [-0.39, 0.29) is 22.6 Å². The number of carbonyl (C=O) groups excluding carboxylic acids is 1. The third kappa shape index (κ3) is 3.07. The zero-order valence-corrected chi connectivity index (χ0v) is 14.3. The highest BCUT2D eigenvalue weighted by Crippen LogP contribution is 2.40. The van der Waals surface area contributed by atoms with Crippen LogP contribution in [0.4, 0.5) is 5.69 Å². The molecule has 1 aliphatic rings. The van der Waals surface area contributed by atoms with E-state index >= 15 is 0 Å². The van der Waals surface area contributed by atoms with Gasteiger partial charge in [0.1, 0.15) is 0 Å². The van der Waals surface area contributed by atoms with Crippen molar-refractivity contribution in [1.29, 1.82) is 0 Å². The first-order valence-electron chi connectivity index (χ1n) is 6.74. The monoisotopic (exact) mass is 355 g/mol. The summed E-state index contributed by atoms with van der Waals surface area (Å²) in [5.74, 6) is -1.67. The molecule has 1 heterocycles. The molecule has 7 heteroatoms. The van der Waals surface area contributed by atoms with E-state index in [0.717, 1.165) is 0 Å². The number of carbonyl (C=O) groups is 2. The molecule has 1 aromatic rings. The van der Waals surface area contributed by atoms with E-state index in [1.165, 1.54) is 7.11 Å². The van der Waals surface area contributed by atoms with Gasteiger partial charge in [-0.2, -0.15) is 0 Å². The number of nitrogens with zero attached hydrogens (tertiary/aromatic N) is 1. The average Bonchev–Trinajstić information content (AvgIpc) is 2.50. The molecule has 23 heavy (non-hydrogen) atoms. The number of carboxylic acid groups (broad SMARTS) is 1. The first-order valence-corrected chi connectivity index (χ1v) is 7.50. The Hall–Kier alpha value is -1.98.